The van der Waals surface area contributed by atoms with Gasteiger partial charge in [0, 0.05) is 18.2 Å². The molecular weight excluding hydrogens is 212 g/mol. The van der Waals surface area contributed by atoms with Crippen molar-refractivity contribution in [1.82, 2.24) is 16.0 Å². The number of hydrogen-bond acceptors (Lipinski definition) is 4. The minimum absolute atomic E-state index is 0.489. The molecule has 1 aliphatic rings. The van der Waals surface area contributed by atoms with Crippen LogP contribution in [0.25, 0.3) is 0 Å². The van der Waals surface area contributed by atoms with Crippen LogP contribution in [0.2, 0.25) is 0 Å². The number of nitrogens with one attached hydrogen (secondary N) is 3. The quantitative estimate of drug-likeness (QED) is 0.511. The summed E-state index contributed by atoms with van der Waals surface area (Å²) < 4.78 is 0. The minimum atomic E-state index is -0.489. The zero-order chi connectivity index (χ0) is 12.5. The summed E-state index contributed by atoms with van der Waals surface area (Å²) in [7, 11) is 5.64. The SMILES string of the molecule is C#Cc1ccc2c(c1)C(NC)(NC)C(NC)=N2. The largest absolute Gasteiger partial charge is 0.374 e. The highest BCUT2D eigenvalue weighted by molar-refractivity contribution is 5.99. The van der Waals surface area contributed by atoms with E-state index >= 15 is 0 Å². The van der Waals surface area contributed by atoms with Crippen LogP contribution >= 0.6 is 0 Å². The molecule has 1 aromatic carbocycles. The Kier molecular flexibility index (Phi) is 2.88. The van der Waals surface area contributed by atoms with Gasteiger partial charge < -0.3 is 5.32 Å². The molecule has 0 unspecified atom stereocenters. The van der Waals surface area contributed by atoms with Crippen LogP contribution < -0.4 is 16.0 Å². The van der Waals surface area contributed by atoms with Crippen molar-refractivity contribution in [2.24, 2.45) is 4.99 Å². The normalized spacial score (nSPS) is 16.0. The summed E-state index contributed by atoms with van der Waals surface area (Å²) in [4.78, 5) is 4.55. The number of terminal acetylenes is 1. The van der Waals surface area contributed by atoms with E-state index in [1.165, 1.54) is 0 Å². The lowest BCUT2D eigenvalue weighted by Gasteiger charge is -2.31. The topological polar surface area (TPSA) is 48.4 Å². The maximum atomic E-state index is 5.44. The monoisotopic (exact) mass is 228 g/mol. The molecule has 0 fully saturated rings. The van der Waals surface area contributed by atoms with E-state index in [-0.39, 0.29) is 0 Å². The second-order valence-electron chi connectivity index (χ2n) is 3.84. The standard InChI is InChI=1S/C13H16N4/c1-5-9-6-7-11-10(8-9)13(15-3,16-4)12(14-2)17-11/h1,6-8,15-16H,2-4H3,(H,14,17). The molecule has 0 aliphatic carbocycles. The van der Waals surface area contributed by atoms with Gasteiger partial charge in [-0.1, -0.05) is 5.92 Å². The molecule has 0 bridgehead atoms. The van der Waals surface area contributed by atoms with Crippen LogP contribution in [0.4, 0.5) is 5.69 Å². The van der Waals surface area contributed by atoms with Gasteiger partial charge in [-0.15, -0.1) is 6.42 Å². The van der Waals surface area contributed by atoms with Crippen LogP contribution in [0.3, 0.4) is 0 Å². The van der Waals surface area contributed by atoms with Gasteiger partial charge in [0.1, 0.15) is 5.84 Å². The van der Waals surface area contributed by atoms with Gasteiger partial charge in [-0.3, -0.25) is 10.6 Å². The first kappa shape index (κ1) is 11.6. The maximum Gasteiger partial charge on any atom is 0.156 e. The second-order valence-corrected chi connectivity index (χ2v) is 3.84. The van der Waals surface area contributed by atoms with E-state index in [1.807, 2.05) is 39.3 Å². The molecule has 17 heavy (non-hydrogen) atoms. The van der Waals surface area contributed by atoms with Crippen LogP contribution in [-0.4, -0.2) is 27.0 Å². The molecule has 3 N–H and O–H groups in total. The van der Waals surface area contributed by atoms with Crippen LogP contribution in [0.15, 0.2) is 23.2 Å². The first-order chi connectivity index (χ1) is 8.21. The molecule has 88 valence electrons. The summed E-state index contributed by atoms with van der Waals surface area (Å²) in [6, 6.07) is 5.82. The number of hydrogen-bond donors (Lipinski definition) is 3. The van der Waals surface area contributed by atoms with E-state index in [0.29, 0.717) is 0 Å². The third kappa shape index (κ3) is 1.52. The highest BCUT2D eigenvalue weighted by atomic mass is 15.3. The number of rotatable bonds is 2. The summed E-state index contributed by atoms with van der Waals surface area (Å²) in [6.07, 6.45) is 5.44. The second kappa shape index (κ2) is 4.21. The van der Waals surface area contributed by atoms with Crippen LogP contribution in [-0.2, 0) is 5.66 Å². The van der Waals surface area contributed by atoms with Crippen molar-refractivity contribution in [1.29, 1.82) is 0 Å². The van der Waals surface area contributed by atoms with Gasteiger partial charge in [0.15, 0.2) is 5.66 Å². The zero-order valence-electron chi connectivity index (χ0n) is 10.3. The summed E-state index contributed by atoms with van der Waals surface area (Å²) in [5.41, 5.74) is 2.34. The molecule has 0 spiro atoms. The van der Waals surface area contributed by atoms with E-state index in [9.17, 15) is 0 Å². The lowest BCUT2D eigenvalue weighted by molar-refractivity contribution is 0.421. The maximum absolute atomic E-state index is 5.44. The minimum Gasteiger partial charge on any atom is -0.374 e. The Bertz CT molecular complexity index is 507. The Morgan fingerprint density at radius 2 is 1.94 bits per heavy atom. The van der Waals surface area contributed by atoms with E-state index in [1.54, 1.807) is 0 Å². The molecule has 1 heterocycles. The summed E-state index contributed by atoms with van der Waals surface area (Å²) in [5.74, 6) is 3.49. The Hall–Kier alpha value is -1.83. The smallest absolute Gasteiger partial charge is 0.156 e. The molecule has 0 saturated carbocycles. The van der Waals surface area contributed by atoms with E-state index in [4.69, 9.17) is 6.42 Å². The van der Waals surface area contributed by atoms with Gasteiger partial charge >= 0.3 is 0 Å². The van der Waals surface area contributed by atoms with Crippen LogP contribution in [0, 0.1) is 12.3 Å². The van der Waals surface area contributed by atoms with Crippen molar-refractivity contribution in [2.45, 2.75) is 5.66 Å². The fourth-order valence-electron chi connectivity index (χ4n) is 2.23. The number of nitrogens with zero attached hydrogens (tertiary/aromatic N) is 1. The first-order valence-electron chi connectivity index (χ1n) is 5.47. The van der Waals surface area contributed by atoms with E-state index in [2.05, 4.69) is 26.9 Å². The van der Waals surface area contributed by atoms with E-state index in [0.717, 1.165) is 22.6 Å². The lowest BCUT2D eigenvalue weighted by atomic mass is 9.97. The summed E-state index contributed by atoms with van der Waals surface area (Å²) >= 11 is 0. The average Bonchev–Trinajstić information content (AvgIpc) is 2.71. The Morgan fingerprint density at radius 1 is 1.24 bits per heavy atom. The van der Waals surface area contributed by atoms with E-state index < -0.39 is 5.66 Å². The van der Waals surface area contributed by atoms with Crippen LogP contribution in [0.5, 0.6) is 0 Å². The van der Waals surface area contributed by atoms with Crippen molar-refractivity contribution in [3.63, 3.8) is 0 Å². The van der Waals surface area contributed by atoms with Crippen molar-refractivity contribution < 1.29 is 0 Å². The van der Waals surface area contributed by atoms with Crippen molar-refractivity contribution in [3.8, 4) is 12.3 Å². The van der Waals surface area contributed by atoms with Crippen molar-refractivity contribution in [2.75, 3.05) is 21.1 Å². The van der Waals surface area contributed by atoms with Crippen molar-refractivity contribution >= 4 is 11.5 Å². The lowest BCUT2D eigenvalue weighted by Crippen LogP contribution is -2.58. The Labute approximate surface area is 102 Å². The van der Waals surface area contributed by atoms with Gasteiger partial charge in [-0.2, -0.15) is 0 Å². The number of amidine groups is 1. The van der Waals surface area contributed by atoms with Gasteiger partial charge in [0.05, 0.1) is 5.69 Å². The molecule has 0 saturated heterocycles. The summed E-state index contributed by atoms with van der Waals surface area (Å²) in [6.45, 7) is 0. The molecule has 1 aromatic rings. The Balaban J connectivity index is 2.63. The molecular formula is C13H16N4. The molecule has 0 radical (unpaired) electrons. The molecule has 1 aliphatic heterocycles. The number of aliphatic imine (C=N–C) groups is 1. The van der Waals surface area contributed by atoms with Crippen LogP contribution in [0.1, 0.15) is 11.1 Å². The highest BCUT2D eigenvalue weighted by Gasteiger charge is 2.40. The number of fused-ring (bicyclic) bond motifs is 1. The number of benzene rings is 1. The molecule has 0 amide bonds. The zero-order valence-corrected chi connectivity index (χ0v) is 10.3. The third-order valence-corrected chi connectivity index (χ3v) is 3.14. The fourth-order valence-corrected chi connectivity index (χ4v) is 2.23. The molecule has 4 heteroatoms. The highest BCUT2D eigenvalue weighted by Crippen LogP contribution is 2.36. The first-order valence-corrected chi connectivity index (χ1v) is 5.47. The van der Waals surface area contributed by atoms with Gasteiger partial charge in [-0.25, -0.2) is 4.99 Å². The van der Waals surface area contributed by atoms with Gasteiger partial charge in [0.25, 0.3) is 0 Å². The Morgan fingerprint density at radius 3 is 2.47 bits per heavy atom. The average molecular weight is 228 g/mol. The van der Waals surface area contributed by atoms with Gasteiger partial charge in [0.2, 0.25) is 0 Å². The molecule has 0 atom stereocenters. The molecule has 2 rings (SSSR count). The predicted molar refractivity (Wildman–Crippen MR) is 70.3 cm³/mol. The summed E-state index contributed by atoms with van der Waals surface area (Å²) in [5, 5.41) is 9.64. The fraction of sp³-hybridized carbons (Fsp3) is 0.308. The molecule has 0 aromatic heterocycles. The van der Waals surface area contributed by atoms with Gasteiger partial charge in [-0.05, 0) is 32.3 Å². The predicted octanol–water partition coefficient (Wildman–Crippen LogP) is 0.522. The van der Waals surface area contributed by atoms with Crippen molar-refractivity contribution in [3.05, 3.63) is 29.3 Å². The molecule has 4 nitrogen and oxygen atoms in total. The third-order valence-electron chi connectivity index (χ3n) is 3.14. The number of likely N-dealkylation sites (N-methyl/N-ethyl adjacent to an activating group) is 3.